The molecule has 3 rings (SSSR count). The fourth-order valence-electron chi connectivity index (χ4n) is 2.81. The number of rotatable bonds is 4. The maximum absolute atomic E-state index is 12.5. The standard InChI is InChI=1S/C16H22N4O2/c1-2-9-22-13-6-4-8-20(11-13)16(21)18-14-7-3-5-12-10-17-19-15(12)14/h3,5,7,10,13H,2,4,6,8-9,11H2,1H3,(H,17,19)(H,18,21)/t13-/m0/s1. The first-order valence-corrected chi connectivity index (χ1v) is 7.87. The number of para-hydroxylation sites is 1. The van der Waals surface area contributed by atoms with Gasteiger partial charge in [-0.2, -0.15) is 5.10 Å². The first kappa shape index (κ1) is 14.8. The molecule has 0 radical (unpaired) electrons. The van der Waals surface area contributed by atoms with Crippen molar-refractivity contribution in [1.29, 1.82) is 0 Å². The second-order valence-corrected chi connectivity index (χ2v) is 5.65. The van der Waals surface area contributed by atoms with Crippen LogP contribution in [-0.2, 0) is 4.74 Å². The van der Waals surface area contributed by atoms with Gasteiger partial charge in [0, 0.05) is 25.1 Å². The van der Waals surface area contributed by atoms with Gasteiger partial charge in [0.05, 0.1) is 23.5 Å². The van der Waals surface area contributed by atoms with Crippen LogP contribution in [0.5, 0.6) is 0 Å². The van der Waals surface area contributed by atoms with Crippen molar-refractivity contribution in [2.45, 2.75) is 32.3 Å². The molecule has 2 heterocycles. The summed E-state index contributed by atoms with van der Waals surface area (Å²) in [5.74, 6) is 0. The van der Waals surface area contributed by atoms with E-state index in [9.17, 15) is 4.79 Å². The number of aromatic amines is 1. The van der Waals surface area contributed by atoms with Crippen LogP contribution in [0, 0.1) is 0 Å². The molecule has 2 N–H and O–H groups in total. The molecule has 0 spiro atoms. The molecule has 118 valence electrons. The van der Waals surface area contributed by atoms with Gasteiger partial charge in [-0.15, -0.1) is 0 Å². The Morgan fingerprint density at radius 1 is 1.55 bits per heavy atom. The van der Waals surface area contributed by atoms with E-state index in [-0.39, 0.29) is 12.1 Å². The predicted molar refractivity (Wildman–Crippen MR) is 86.0 cm³/mol. The third-order valence-corrected chi connectivity index (χ3v) is 3.94. The Bertz CT molecular complexity index is 640. The molecule has 6 nitrogen and oxygen atoms in total. The van der Waals surface area contributed by atoms with Crippen LogP contribution in [0.25, 0.3) is 10.9 Å². The second-order valence-electron chi connectivity index (χ2n) is 5.65. The zero-order valence-electron chi connectivity index (χ0n) is 12.8. The molecule has 0 saturated carbocycles. The molecule has 0 bridgehead atoms. The number of aromatic nitrogens is 2. The summed E-state index contributed by atoms with van der Waals surface area (Å²) in [5, 5.41) is 10.9. The summed E-state index contributed by atoms with van der Waals surface area (Å²) in [6.45, 7) is 4.29. The Morgan fingerprint density at radius 3 is 3.32 bits per heavy atom. The number of nitrogens with zero attached hydrogens (tertiary/aromatic N) is 2. The molecule has 1 aromatic carbocycles. The number of nitrogens with one attached hydrogen (secondary N) is 2. The lowest BCUT2D eigenvalue weighted by molar-refractivity contribution is 0.0115. The lowest BCUT2D eigenvalue weighted by Gasteiger charge is -2.32. The molecule has 0 unspecified atom stereocenters. The predicted octanol–water partition coefficient (Wildman–Crippen LogP) is 2.99. The number of likely N-dealkylation sites (tertiary alicyclic amines) is 1. The van der Waals surface area contributed by atoms with Gasteiger partial charge in [0.15, 0.2) is 0 Å². The maximum atomic E-state index is 12.5. The highest BCUT2D eigenvalue weighted by Gasteiger charge is 2.24. The smallest absolute Gasteiger partial charge is 0.321 e. The monoisotopic (exact) mass is 302 g/mol. The summed E-state index contributed by atoms with van der Waals surface area (Å²) >= 11 is 0. The van der Waals surface area contributed by atoms with Gasteiger partial charge < -0.3 is 15.0 Å². The lowest BCUT2D eigenvalue weighted by Crippen LogP contribution is -2.45. The Morgan fingerprint density at radius 2 is 2.45 bits per heavy atom. The van der Waals surface area contributed by atoms with Crippen molar-refractivity contribution in [2.75, 3.05) is 25.0 Å². The maximum Gasteiger partial charge on any atom is 0.321 e. The van der Waals surface area contributed by atoms with E-state index in [0.29, 0.717) is 6.54 Å². The van der Waals surface area contributed by atoms with Crippen LogP contribution in [-0.4, -0.2) is 46.9 Å². The summed E-state index contributed by atoms with van der Waals surface area (Å²) in [7, 11) is 0. The van der Waals surface area contributed by atoms with Crippen molar-refractivity contribution in [3.63, 3.8) is 0 Å². The quantitative estimate of drug-likeness (QED) is 0.912. The van der Waals surface area contributed by atoms with Crippen molar-refractivity contribution in [1.82, 2.24) is 15.1 Å². The zero-order valence-corrected chi connectivity index (χ0v) is 12.8. The minimum Gasteiger partial charge on any atom is -0.376 e. The van der Waals surface area contributed by atoms with Gasteiger partial charge >= 0.3 is 6.03 Å². The zero-order chi connectivity index (χ0) is 15.4. The van der Waals surface area contributed by atoms with E-state index in [4.69, 9.17) is 4.74 Å². The Labute approximate surface area is 129 Å². The van der Waals surface area contributed by atoms with Gasteiger partial charge in [0.1, 0.15) is 0 Å². The Kier molecular flexibility index (Phi) is 4.58. The third kappa shape index (κ3) is 3.22. The van der Waals surface area contributed by atoms with E-state index < -0.39 is 0 Å². The number of ether oxygens (including phenoxy) is 1. The fraction of sp³-hybridized carbons (Fsp3) is 0.500. The van der Waals surface area contributed by atoms with E-state index in [1.165, 1.54) is 0 Å². The number of carbonyl (C=O) groups excluding carboxylic acids is 1. The van der Waals surface area contributed by atoms with Gasteiger partial charge in [-0.3, -0.25) is 5.10 Å². The van der Waals surface area contributed by atoms with Crippen LogP contribution in [0.1, 0.15) is 26.2 Å². The average Bonchev–Trinajstić information content (AvgIpc) is 3.03. The topological polar surface area (TPSA) is 70.2 Å². The van der Waals surface area contributed by atoms with Crippen LogP contribution in [0.15, 0.2) is 24.4 Å². The number of urea groups is 1. The van der Waals surface area contributed by atoms with Gasteiger partial charge in [0.2, 0.25) is 0 Å². The van der Waals surface area contributed by atoms with Crippen molar-refractivity contribution in [3.8, 4) is 0 Å². The van der Waals surface area contributed by atoms with Crippen molar-refractivity contribution in [3.05, 3.63) is 24.4 Å². The van der Waals surface area contributed by atoms with Crippen LogP contribution in [0.3, 0.4) is 0 Å². The first-order chi connectivity index (χ1) is 10.8. The molecular formula is C16H22N4O2. The Balaban J connectivity index is 1.65. The van der Waals surface area contributed by atoms with Gasteiger partial charge in [-0.1, -0.05) is 19.1 Å². The minimum absolute atomic E-state index is 0.0769. The second kappa shape index (κ2) is 6.79. The highest BCUT2D eigenvalue weighted by atomic mass is 16.5. The molecule has 1 aromatic heterocycles. The van der Waals surface area contributed by atoms with Gasteiger partial charge in [-0.05, 0) is 25.3 Å². The van der Waals surface area contributed by atoms with Crippen molar-refractivity contribution >= 4 is 22.6 Å². The molecule has 22 heavy (non-hydrogen) atoms. The summed E-state index contributed by atoms with van der Waals surface area (Å²) in [6, 6.07) is 5.68. The average molecular weight is 302 g/mol. The molecular weight excluding hydrogens is 280 g/mol. The molecule has 2 aromatic rings. The van der Waals surface area contributed by atoms with E-state index in [0.717, 1.165) is 49.0 Å². The number of hydrogen-bond donors (Lipinski definition) is 2. The molecule has 1 aliphatic rings. The van der Waals surface area contributed by atoms with E-state index in [1.807, 2.05) is 23.1 Å². The highest BCUT2D eigenvalue weighted by Crippen LogP contribution is 2.21. The van der Waals surface area contributed by atoms with Crippen LogP contribution in [0.2, 0.25) is 0 Å². The first-order valence-electron chi connectivity index (χ1n) is 7.87. The number of benzene rings is 1. The molecule has 1 atom stereocenters. The fourth-order valence-corrected chi connectivity index (χ4v) is 2.81. The van der Waals surface area contributed by atoms with Crippen LogP contribution < -0.4 is 5.32 Å². The number of fused-ring (bicyclic) bond motifs is 1. The molecule has 0 aliphatic carbocycles. The lowest BCUT2D eigenvalue weighted by atomic mass is 10.1. The SMILES string of the molecule is CCCO[C@H]1CCCN(C(=O)Nc2cccc3cn[nH]c23)C1. The minimum atomic E-state index is -0.0769. The molecule has 2 amide bonds. The van der Waals surface area contributed by atoms with Crippen molar-refractivity contribution < 1.29 is 9.53 Å². The van der Waals surface area contributed by atoms with Crippen LogP contribution >= 0.6 is 0 Å². The normalized spacial score (nSPS) is 18.6. The molecule has 1 saturated heterocycles. The molecule has 6 heteroatoms. The van der Waals surface area contributed by atoms with E-state index in [2.05, 4.69) is 22.4 Å². The molecule has 1 aliphatic heterocycles. The largest absolute Gasteiger partial charge is 0.376 e. The Hall–Kier alpha value is -2.08. The van der Waals surface area contributed by atoms with Gasteiger partial charge in [0.25, 0.3) is 0 Å². The third-order valence-electron chi connectivity index (χ3n) is 3.94. The number of amides is 2. The highest BCUT2D eigenvalue weighted by molar-refractivity contribution is 5.99. The van der Waals surface area contributed by atoms with E-state index >= 15 is 0 Å². The van der Waals surface area contributed by atoms with Crippen LogP contribution in [0.4, 0.5) is 10.5 Å². The summed E-state index contributed by atoms with van der Waals surface area (Å²) in [4.78, 5) is 14.3. The number of anilines is 1. The number of H-pyrrole nitrogens is 1. The summed E-state index contributed by atoms with van der Waals surface area (Å²) in [6.07, 6.45) is 4.92. The van der Waals surface area contributed by atoms with Gasteiger partial charge in [-0.25, -0.2) is 4.79 Å². The number of carbonyl (C=O) groups is 1. The summed E-state index contributed by atoms with van der Waals surface area (Å²) in [5.41, 5.74) is 1.61. The summed E-state index contributed by atoms with van der Waals surface area (Å²) < 4.78 is 5.78. The van der Waals surface area contributed by atoms with Crippen molar-refractivity contribution in [2.24, 2.45) is 0 Å². The van der Waals surface area contributed by atoms with E-state index in [1.54, 1.807) is 6.20 Å². The number of piperidine rings is 1. The molecule has 1 fully saturated rings. The number of hydrogen-bond acceptors (Lipinski definition) is 3.